The molecule has 1 heterocycles. The van der Waals surface area contributed by atoms with Crippen molar-refractivity contribution in [1.29, 1.82) is 0 Å². The molecule has 0 radical (unpaired) electrons. The van der Waals surface area contributed by atoms with Crippen LogP contribution in [0.25, 0.3) is 0 Å². The summed E-state index contributed by atoms with van der Waals surface area (Å²) in [4.78, 5) is 12.3. The second-order valence-corrected chi connectivity index (χ2v) is 6.13. The summed E-state index contributed by atoms with van der Waals surface area (Å²) >= 11 is 0. The number of halogens is 1. The maximum atomic E-state index is 12.3. The Morgan fingerprint density at radius 1 is 1.40 bits per heavy atom. The van der Waals surface area contributed by atoms with Gasteiger partial charge in [-0.25, -0.2) is 0 Å². The first kappa shape index (κ1) is 17.7. The van der Waals surface area contributed by atoms with Gasteiger partial charge in [0.15, 0.2) is 0 Å². The fourth-order valence-corrected chi connectivity index (χ4v) is 3.24. The van der Waals surface area contributed by atoms with E-state index in [1.165, 1.54) is 19.3 Å². The van der Waals surface area contributed by atoms with Crippen molar-refractivity contribution in [2.45, 2.75) is 44.9 Å². The molecule has 0 aromatic rings. The molecular formula is C15H29ClN2O2. The van der Waals surface area contributed by atoms with Crippen LogP contribution in [0.1, 0.15) is 44.9 Å². The van der Waals surface area contributed by atoms with Crippen LogP contribution in [0.4, 0.5) is 0 Å². The maximum absolute atomic E-state index is 12.3. The number of methoxy groups -OCH3 is 1. The zero-order valence-electron chi connectivity index (χ0n) is 12.6. The first-order valence-electron chi connectivity index (χ1n) is 7.75. The minimum absolute atomic E-state index is 0. The number of ether oxygens (including phenoxy) is 1. The second kappa shape index (κ2) is 8.85. The number of nitrogens with one attached hydrogen (secondary N) is 2. The summed E-state index contributed by atoms with van der Waals surface area (Å²) < 4.78 is 5.13. The number of carbonyl (C=O) groups excluding carboxylic acids is 1. The quantitative estimate of drug-likeness (QED) is 0.757. The summed E-state index contributed by atoms with van der Waals surface area (Å²) in [5.74, 6) is 1.00. The third-order valence-corrected chi connectivity index (χ3v) is 4.81. The first-order valence-corrected chi connectivity index (χ1v) is 7.75. The molecular weight excluding hydrogens is 276 g/mol. The zero-order chi connectivity index (χ0) is 13.6. The fraction of sp³-hybridized carbons (Fsp3) is 0.933. The largest absolute Gasteiger partial charge is 0.385 e. The predicted molar refractivity (Wildman–Crippen MR) is 83.2 cm³/mol. The van der Waals surface area contributed by atoms with E-state index in [9.17, 15) is 4.79 Å². The van der Waals surface area contributed by atoms with Crippen molar-refractivity contribution in [3.63, 3.8) is 0 Å². The zero-order valence-corrected chi connectivity index (χ0v) is 13.4. The first-order chi connectivity index (χ1) is 9.27. The smallest absolute Gasteiger partial charge is 0.226 e. The Morgan fingerprint density at radius 2 is 2.20 bits per heavy atom. The molecule has 1 aliphatic heterocycles. The highest BCUT2D eigenvalue weighted by Gasteiger charge is 2.43. The number of rotatable bonds is 7. The molecule has 1 unspecified atom stereocenters. The van der Waals surface area contributed by atoms with Crippen LogP contribution in [0.2, 0.25) is 0 Å². The van der Waals surface area contributed by atoms with Gasteiger partial charge in [-0.1, -0.05) is 6.42 Å². The van der Waals surface area contributed by atoms with Crippen molar-refractivity contribution in [3.05, 3.63) is 0 Å². The Balaban J connectivity index is 0.00000200. The second-order valence-electron chi connectivity index (χ2n) is 6.13. The third-order valence-electron chi connectivity index (χ3n) is 4.81. The van der Waals surface area contributed by atoms with Crippen molar-refractivity contribution in [2.24, 2.45) is 11.3 Å². The minimum Gasteiger partial charge on any atom is -0.385 e. The van der Waals surface area contributed by atoms with Crippen LogP contribution in [0, 0.1) is 11.3 Å². The number of piperidine rings is 1. The molecule has 0 spiro atoms. The molecule has 1 saturated heterocycles. The standard InChI is InChI=1S/C15H28N2O2.ClH/c1-19-11-8-15(6-3-7-15)14(18)17-10-5-13-4-2-9-16-12-13;/h13,16H,2-12H2,1H3,(H,17,18);1H. The molecule has 5 heteroatoms. The summed E-state index contributed by atoms with van der Waals surface area (Å²) in [6, 6.07) is 0. The van der Waals surface area contributed by atoms with Crippen molar-refractivity contribution in [1.82, 2.24) is 10.6 Å². The van der Waals surface area contributed by atoms with Gasteiger partial charge < -0.3 is 15.4 Å². The SMILES string of the molecule is COCCC1(C(=O)NCCC2CCCNC2)CCC1.Cl. The summed E-state index contributed by atoms with van der Waals surface area (Å²) in [6.45, 7) is 3.80. The molecule has 0 aromatic heterocycles. The van der Waals surface area contributed by atoms with E-state index in [2.05, 4.69) is 10.6 Å². The van der Waals surface area contributed by atoms with Gasteiger partial charge in [0.05, 0.1) is 5.41 Å². The van der Waals surface area contributed by atoms with Crippen molar-refractivity contribution in [2.75, 3.05) is 33.4 Å². The van der Waals surface area contributed by atoms with Gasteiger partial charge in [0.1, 0.15) is 0 Å². The van der Waals surface area contributed by atoms with Crippen molar-refractivity contribution < 1.29 is 9.53 Å². The Labute approximate surface area is 128 Å². The molecule has 4 nitrogen and oxygen atoms in total. The maximum Gasteiger partial charge on any atom is 0.226 e. The summed E-state index contributed by atoms with van der Waals surface area (Å²) in [7, 11) is 1.71. The third kappa shape index (κ3) is 4.61. The Kier molecular flexibility index (Phi) is 7.85. The molecule has 118 valence electrons. The lowest BCUT2D eigenvalue weighted by Crippen LogP contribution is -2.47. The molecule has 0 aromatic carbocycles. The molecule has 1 amide bonds. The fourth-order valence-electron chi connectivity index (χ4n) is 3.24. The van der Waals surface area contributed by atoms with Gasteiger partial charge in [-0.15, -0.1) is 12.4 Å². The Morgan fingerprint density at radius 3 is 2.75 bits per heavy atom. The Hall–Kier alpha value is -0.320. The van der Waals surface area contributed by atoms with Gasteiger partial charge in [-0.3, -0.25) is 4.79 Å². The molecule has 2 aliphatic rings. The molecule has 1 atom stereocenters. The lowest BCUT2D eigenvalue weighted by molar-refractivity contribution is -0.137. The number of hydrogen-bond donors (Lipinski definition) is 2. The minimum atomic E-state index is -0.110. The van der Waals surface area contributed by atoms with E-state index in [1.807, 2.05) is 0 Å². The average Bonchev–Trinajstić information content (AvgIpc) is 2.39. The molecule has 2 rings (SSSR count). The van der Waals surface area contributed by atoms with Crippen LogP contribution < -0.4 is 10.6 Å². The average molecular weight is 305 g/mol. The van der Waals surface area contributed by atoms with Crippen molar-refractivity contribution in [3.8, 4) is 0 Å². The highest BCUT2D eigenvalue weighted by atomic mass is 35.5. The van der Waals surface area contributed by atoms with Gasteiger partial charge in [-0.2, -0.15) is 0 Å². The Bertz CT molecular complexity index is 290. The molecule has 2 N–H and O–H groups in total. The van der Waals surface area contributed by atoms with Gasteiger partial charge >= 0.3 is 0 Å². The molecule has 2 fully saturated rings. The van der Waals surface area contributed by atoms with Crippen LogP contribution in [0.15, 0.2) is 0 Å². The van der Waals surface area contributed by atoms with Crippen LogP contribution in [0.3, 0.4) is 0 Å². The van der Waals surface area contributed by atoms with E-state index in [4.69, 9.17) is 4.74 Å². The summed E-state index contributed by atoms with van der Waals surface area (Å²) in [5, 5.41) is 6.58. The number of hydrogen-bond acceptors (Lipinski definition) is 3. The lowest BCUT2D eigenvalue weighted by Gasteiger charge is -2.40. The highest BCUT2D eigenvalue weighted by Crippen LogP contribution is 2.44. The number of carbonyl (C=O) groups is 1. The topological polar surface area (TPSA) is 50.4 Å². The summed E-state index contributed by atoms with van der Waals surface area (Å²) in [6.07, 6.45) is 7.82. The van der Waals surface area contributed by atoms with E-state index >= 15 is 0 Å². The van der Waals surface area contributed by atoms with Gasteiger partial charge in [0.2, 0.25) is 5.91 Å². The van der Waals surface area contributed by atoms with Crippen LogP contribution in [-0.4, -0.2) is 39.3 Å². The molecule has 1 saturated carbocycles. The molecule has 0 bridgehead atoms. The normalized spacial score (nSPS) is 24.4. The molecule has 20 heavy (non-hydrogen) atoms. The molecule has 1 aliphatic carbocycles. The number of amides is 1. The lowest BCUT2D eigenvalue weighted by atomic mass is 9.66. The van der Waals surface area contributed by atoms with Crippen molar-refractivity contribution >= 4 is 18.3 Å². The van der Waals surface area contributed by atoms with E-state index in [0.29, 0.717) is 6.61 Å². The van der Waals surface area contributed by atoms with Gasteiger partial charge in [0.25, 0.3) is 0 Å². The van der Waals surface area contributed by atoms with E-state index in [-0.39, 0.29) is 23.7 Å². The van der Waals surface area contributed by atoms with Gasteiger partial charge in [-0.05, 0) is 57.5 Å². The van der Waals surface area contributed by atoms with E-state index in [1.54, 1.807) is 7.11 Å². The van der Waals surface area contributed by atoms with Crippen LogP contribution in [-0.2, 0) is 9.53 Å². The van der Waals surface area contributed by atoms with Crippen LogP contribution >= 0.6 is 12.4 Å². The predicted octanol–water partition coefficient (Wildman–Crippen LogP) is 2.12. The van der Waals surface area contributed by atoms with Crippen LogP contribution in [0.5, 0.6) is 0 Å². The van der Waals surface area contributed by atoms with E-state index in [0.717, 1.165) is 51.2 Å². The monoisotopic (exact) mass is 304 g/mol. The highest BCUT2D eigenvalue weighted by molar-refractivity contribution is 5.85. The van der Waals surface area contributed by atoms with E-state index < -0.39 is 0 Å². The van der Waals surface area contributed by atoms with Gasteiger partial charge in [0, 0.05) is 20.3 Å². The summed E-state index contributed by atoms with van der Waals surface area (Å²) in [5.41, 5.74) is -0.110.